The van der Waals surface area contributed by atoms with Gasteiger partial charge in [0, 0.05) is 43.5 Å². The van der Waals surface area contributed by atoms with Crippen molar-refractivity contribution in [2.24, 2.45) is 0 Å². The van der Waals surface area contributed by atoms with Crippen molar-refractivity contribution in [3.8, 4) is 10.6 Å². The summed E-state index contributed by atoms with van der Waals surface area (Å²) in [5.74, 6) is 0.642. The first-order valence-electron chi connectivity index (χ1n) is 9.78. The maximum Gasteiger partial charge on any atom is 0.223 e. The van der Waals surface area contributed by atoms with Gasteiger partial charge >= 0.3 is 0 Å². The van der Waals surface area contributed by atoms with Gasteiger partial charge in [0.05, 0.1) is 16.1 Å². The van der Waals surface area contributed by atoms with Crippen LogP contribution in [0.4, 0.5) is 5.95 Å². The Kier molecular flexibility index (Phi) is 6.11. The molecule has 0 saturated carbocycles. The Bertz CT molecular complexity index is 910. The molecule has 0 radical (unpaired) electrons. The first kappa shape index (κ1) is 19.6. The Morgan fingerprint density at radius 1 is 1.29 bits per heavy atom. The number of halogens is 1. The zero-order valence-electron chi connectivity index (χ0n) is 16.4. The first-order valence-corrected chi connectivity index (χ1v) is 11.0. The van der Waals surface area contributed by atoms with Gasteiger partial charge in [-0.1, -0.05) is 29.8 Å². The maximum atomic E-state index is 6.39. The summed E-state index contributed by atoms with van der Waals surface area (Å²) in [6, 6.07) is 11.1. The molecule has 3 heterocycles. The van der Waals surface area contributed by atoms with Crippen LogP contribution < -0.4 is 5.32 Å². The van der Waals surface area contributed by atoms with Gasteiger partial charge in [0.15, 0.2) is 0 Å². The van der Waals surface area contributed by atoms with Gasteiger partial charge in [-0.3, -0.25) is 4.90 Å². The monoisotopic (exact) mass is 415 g/mol. The third kappa shape index (κ3) is 4.46. The van der Waals surface area contributed by atoms with Gasteiger partial charge in [0.2, 0.25) is 5.95 Å². The average molecular weight is 416 g/mol. The van der Waals surface area contributed by atoms with E-state index in [-0.39, 0.29) is 0 Å². The van der Waals surface area contributed by atoms with E-state index < -0.39 is 0 Å². The predicted octanol–water partition coefficient (Wildman–Crippen LogP) is 4.45. The average Bonchev–Trinajstić information content (AvgIpc) is 3.11. The molecule has 4 rings (SSSR count). The highest BCUT2D eigenvalue weighted by Gasteiger charge is 2.20. The van der Waals surface area contributed by atoms with Crippen molar-refractivity contribution < 1.29 is 0 Å². The largest absolute Gasteiger partial charge is 0.354 e. The van der Waals surface area contributed by atoms with Gasteiger partial charge < -0.3 is 10.2 Å². The van der Waals surface area contributed by atoms with E-state index in [2.05, 4.69) is 69.4 Å². The molecule has 0 bridgehead atoms. The Labute approximate surface area is 175 Å². The Morgan fingerprint density at radius 3 is 2.96 bits per heavy atom. The molecule has 1 saturated heterocycles. The molecular formula is C21H26ClN5S. The van der Waals surface area contributed by atoms with Crippen LogP contribution in [0.15, 0.2) is 36.5 Å². The summed E-state index contributed by atoms with van der Waals surface area (Å²) in [6.07, 6.45) is 2.76. The molecule has 2 aromatic heterocycles. The lowest BCUT2D eigenvalue weighted by atomic mass is 10.2. The van der Waals surface area contributed by atoms with E-state index >= 15 is 0 Å². The summed E-state index contributed by atoms with van der Waals surface area (Å²) in [6.45, 7) is 7.70. The van der Waals surface area contributed by atoms with Crippen LogP contribution in [0.3, 0.4) is 0 Å². The van der Waals surface area contributed by atoms with Crippen LogP contribution in [-0.4, -0.2) is 65.6 Å². The number of likely N-dealkylation sites (N-methyl/N-ethyl adjacent to an activating group) is 1. The van der Waals surface area contributed by atoms with Crippen molar-refractivity contribution in [2.45, 2.75) is 19.4 Å². The van der Waals surface area contributed by atoms with Crippen molar-refractivity contribution in [3.05, 3.63) is 41.6 Å². The molecule has 0 unspecified atom stereocenters. The Hall–Kier alpha value is -1.73. The van der Waals surface area contributed by atoms with Gasteiger partial charge in [-0.25, -0.2) is 9.97 Å². The molecule has 0 amide bonds. The van der Waals surface area contributed by atoms with E-state index in [0.29, 0.717) is 17.0 Å². The SMILES string of the molecule is C[C@H]1CN(C)CCN1CCCNc1ncc(Cl)c(-c2cc3ccccc3s2)n1. The van der Waals surface area contributed by atoms with Crippen LogP contribution in [0.2, 0.25) is 5.02 Å². The molecule has 1 N–H and O–H groups in total. The minimum Gasteiger partial charge on any atom is -0.354 e. The van der Waals surface area contributed by atoms with E-state index in [9.17, 15) is 0 Å². The lowest BCUT2D eigenvalue weighted by Gasteiger charge is -2.38. The highest BCUT2D eigenvalue weighted by atomic mass is 35.5. The number of hydrogen-bond acceptors (Lipinski definition) is 6. The van der Waals surface area contributed by atoms with Gasteiger partial charge in [-0.2, -0.15) is 0 Å². The van der Waals surface area contributed by atoms with Gasteiger partial charge in [-0.05, 0) is 37.9 Å². The zero-order chi connectivity index (χ0) is 19.5. The summed E-state index contributed by atoms with van der Waals surface area (Å²) < 4.78 is 1.24. The predicted molar refractivity (Wildman–Crippen MR) is 119 cm³/mol. The third-order valence-corrected chi connectivity index (χ3v) is 6.68. The van der Waals surface area contributed by atoms with E-state index in [1.54, 1.807) is 17.5 Å². The molecule has 1 aliphatic heterocycles. The molecule has 1 fully saturated rings. The maximum absolute atomic E-state index is 6.39. The van der Waals surface area contributed by atoms with Crippen molar-refractivity contribution in [2.75, 3.05) is 45.1 Å². The first-order chi connectivity index (χ1) is 13.6. The van der Waals surface area contributed by atoms with Crippen molar-refractivity contribution >= 4 is 39.0 Å². The minimum absolute atomic E-state index is 0.586. The smallest absolute Gasteiger partial charge is 0.223 e. The molecule has 5 nitrogen and oxygen atoms in total. The number of benzene rings is 1. The third-order valence-electron chi connectivity index (χ3n) is 5.28. The van der Waals surface area contributed by atoms with Crippen LogP contribution >= 0.6 is 22.9 Å². The van der Waals surface area contributed by atoms with Crippen LogP contribution in [0, 0.1) is 0 Å². The molecule has 1 aromatic carbocycles. The van der Waals surface area contributed by atoms with Gasteiger partial charge in [-0.15, -0.1) is 11.3 Å². The van der Waals surface area contributed by atoms with E-state index in [4.69, 9.17) is 11.6 Å². The molecule has 28 heavy (non-hydrogen) atoms. The molecule has 3 aromatic rings. The molecule has 1 aliphatic rings. The van der Waals surface area contributed by atoms with E-state index in [1.807, 2.05) is 0 Å². The number of aromatic nitrogens is 2. The second-order valence-electron chi connectivity index (χ2n) is 7.47. The molecule has 0 aliphatic carbocycles. The summed E-state index contributed by atoms with van der Waals surface area (Å²) in [5, 5.41) is 5.17. The van der Waals surface area contributed by atoms with Gasteiger partial charge in [0.1, 0.15) is 5.69 Å². The molecule has 7 heteroatoms. The standard InChI is InChI=1S/C21H26ClN5S/c1-15-14-26(2)10-11-27(15)9-5-8-23-21-24-13-17(22)20(25-21)19-12-16-6-3-4-7-18(16)28-19/h3-4,6-7,12-13,15H,5,8-11,14H2,1-2H3,(H,23,24,25)/t15-/m0/s1. The Balaban J connectivity index is 1.37. The fourth-order valence-corrected chi connectivity index (χ4v) is 5.03. The fraction of sp³-hybridized carbons (Fsp3) is 0.429. The topological polar surface area (TPSA) is 44.3 Å². The van der Waals surface area contributed by atoms with Crippen LogP contribution in [0.1, 0.15) is 13.3 Å². The number of fused-ring (bicyclic) bond motifs is 1. The van der Waals surface area contributed by atoms with Gasteiger partial charge in [0.25, 0.3) is 0 Å². The lowest BCUT2D eigenvalue weighted by molar-refractivity contribution is 0.1000. The van der Waals surface area contributed by atoms with Crippen molar-refractivity contribution in [1.82, 2.24) is 19.8 Å². The summed E-state index contributed by atoms with van der Waals surface area (Å²) in [7, 11) is 2.20. The number of rotatable bonds is 6. The molecule has 1 atom stereocenters. The summed E-state index contributed by atoms with van der Waals surface area (Å²) in [5.41, 5.74) is 0.799. The lowest BCUT2D eigenvalue weighted by Crippen LogP contribution is -2.50. The number of thiophene rings is 1. The van der Waals surface area contributed by atoms with Crippen LogP contribution in [0.25, 0.3) is 20.7 Å². The molecule has 148 valence electrons. The number of nitrogens with one attached hydrogen (secondary N) is 1. The fourth-order valence-electron chi connectivity index (χ4n) is 3.72. The zero-order valence-corrected chi connectivity index (χ0v) is 17.9. The number of piperazine rings is 1. The highest BCUT2D eigenvalue weighted by Crippen LogP contribution is 2.35. The van der Waals surface area contributed by atoms with E-state index in [0.717, 1.165) is 49.7 Å². The Morgan fingerprint density at radius 2 is 2.14 bits per heavy atom. The van der Waals surface area contributed by atoms with Crippen LogP contribution in [-0.2, 0) is 0 Å². The normalized spacial score (nSPS) is 18.6. The van der Waals surface area contributed by atoms with Crippen LogP contribution in [0.5, 0.6) is 0 Å². The van der Waals surface area contributed by atoms with Crippen molar-refractivity contribution in [3.63, 3.8) is 0 Å². The van der Waals surface area contributed by atoms with E-state index in [1.165, 1.54) is 10.1 Å². The number of anilines is 1. The second-order valence-corrected chi connectivity index (χ2v) is 8.96. The minimum atomic E-state index is 0.586. The van der Waals surface area contributed by atoms with Crippen molar-refractivity contribution in [1.29, 1.82) is 0 Å². The highest BCUT2D eigenvalue weighted by molar-refractivity contribution is 7.22. The quantitative estimate of drug-likeness (QED) is 0.602. The molecule has 0 spiro atoms. The summed E-state index contributed by atoms with van der Waals surface area (Å²) >= 11 is 8.10. The number of hydrogen-bond donors (Lipinski definition) is 1. The second kappa shape index (κ2) is 8.74. The molecular weight excluding hydrogens is 390 g/mol. The summed E-state index contributed by atoms with van der Waals surface area (Å²) in [4.78, 5) is 15.1. The number of nitrogens with zero attached hydrogens (tertiary/aromatic N) is 4.